The number of likely N-dealkylation sites (N-methyl/N-ethyl adjacent to an activating group) is 1. The highest BCUT2D eigenvalue weighted by Gasteiger charge is 2.13. The third-order valence-electron chi connectivity index (χ3n) is 4.17. The number of hydrogen-bond acceptors (Lipinski definition) is 7. The third-order valence-corrected chi connectivity index (χ3v) is 4.58. The van der Waals surface area contributed by atoms with Crippen LogP contribution in [0.25, 0.3) is 22.3 Å². The number of benzene rings is 1. The van der Waals surface area contributed by atoms with E-state index in [1.54, 1.807) is 23.5 Å². The monoisotopic (exact) mass is 422 g/mol. The lowest BCUT2D eigenvalue weighted by molar-refractivity contribution is -0.108. The summed E-state index contributed by atoms with van der Waals surface area (Å²) in [7, 11) is 1.85. The second-order valence-electron chi connectivity index (χ2n) is 6.14. The highest BCUT2D eigenvalue weighted by atomic mass is 35.5. The Morgan fingerprint density at radius 3 is 2.77 bits per heavy atom. The number of aldehydes is 1. The number of nitrogens with zero attached hydrogens (tertiary/aromatic N) is 5. The van der Waals surface area contributed by atoms with Crippen LogP contribution in [-0.2, 0) is 4.79 Å². The zero-order valence-corrected chi connectivity index (χ0v) is 17.7. The summed E-state index contributed by atoms with van der Waals surface area (Å²) < 4.78 is 0. The van der Waals surface area contributed by atoms with Crippen molar-refractivity contribution in [2.75, 3.05) is 26.7 Å². The van der Waals surface area contributed by atoms with Crippen molar-refractivity contribution in [3.8, 4) is 24.2 Å². The molecule has 8 heteroatoms. The maximum atomic E-state index is 10.9. The number of aromatic nitrogens is 3. The fourth-order valence-corrected chi connectivity index (χ4v) is 3.02. The van der Waals surface area contributed by atoms with Crippen LogP contribution in [0.15, 0.2) is 47.8 Å². The maximum absolute atomic E-state index is 10.9. The van der Waals surface area contributed by atoms with Gasteiger partial charge in [-0.15, -0.1) is 12.8 Å². The molecule has 0 aliphatic heterocycles. The number of carbonyl (C=O) groups is 1. The van der Waals surface area contributed by atoms with Gasteiger partial charge in [-0.1, -0.05) is 29.8 Å². The molecule has 0 aliphatic rings. The lowest BCUT2D eigenvalue weighted by atomic mass is 10.1. The van der Waals surface area contributed by atoms with Crippen LogP contribution < -0.4 is 5.32 Å². The van der Waals surface area contributed by atoms with Crippen LogP contribution in [0.1, 0.15) is 12.6 Å². The summed E-state index contributed by atoms with van der Waals surface area (Å²) in [4.78, 5) is 24.3. The van der Waals surface area contributed by atoms with Crippen LogP contribution in [0, 0.1) is 12.8 Å². The van der Waals surface area contributed by atoms with E-state index in [1.165, 1.54) is 0 Å². The molecule has 2 aromatic heterocycles. The van der Waals surface area contributed by atoms with Gasteiger partial charge in [0.05, 0.1) is 34.1 Å². The molecule has 30 heavy (non-hydrogen) atoms. The second-order valence-corrected chi connectivity index (χ2v) is 6.51. The first-order valence-electron chi connectivity index (χ1n) is 9.22. The summed E-state index contributed by atoms with van der Waals surface area (Å²) in [5, 5.41) is 10.7. The molecule has 0 aliphatic carbocycles. The first-order valence-corrected chi connectivity index (χ1v) is 9.60. The number of fused-ring (bicyclic) bond motifs is 1. The van der Waals surface area contributed by atoms with Gasteiger partial charge in [0.25, 0.3) is 0 Å². The van der Waals surface area contributed by atoms with E-state index in [2.05, 4.69) is 38.2 Å². The van der Waals surface area contributed by atoms with Gasteiger partial charge in [-0.05, 0) is 26.1 Å². The van der Waals surface area contributed by atoms with Crippen molar-refractivity contribution in [2.45, 2.75) is 6.92 Å². The van der Waals surface area contributed by atoms with E-state index < -0.39 is 0 Å². The fourth-order valence-electron chi connectivity index (χ4n) is 2.73. The lowest BCUT2D eigenvalue weighted by Gasteiger charge is -2.17. The van der Waals surface area contributed by atoms with Gasteiger partial charge in [0.1, 0.15) is 6.29 Å². The number of pyridine rings is 1. The van der Waals surface area contributed by atoms with Crippen molar-refractivity contribution in [2.24, 2.45) is 5.10 Å². The summed E-state index contributed by atoms with van der Waals surface area (Å²) in [6, 6.07) is 9.44. The summed E-state index contributed by atoms with van der Waals surface area (Å²) in [6.07, 6.45) is 12.2. The Labute approximate surface area is 181 Å². The molecule has 0 radical (unpaired) electrons. The Bertz CT molecular complexity index is 1050. The van der Waals surface area contributed by atoms with Crippen molar-refractivity contribution in [1.82, 2.24) is 25.3 Å². The van der Waals surface area contributed by atoms with Crippen LogP contribution in [0.3, 0.4) is 0 Å². The largest absolute Gasteiger partial charge is 0.318 e. The van der Waals surface area contributed by atoms with Gasteiger partial charge in [-0.25, -0.2) is 9.97 Å². The number of terminal acetylenes is 1. The van der Waals surface area contributed by atoms with E-state index >= 15 is 0 Å². The molecule has 0 spiro atoms. The number of rotatable bonds is 8. The molecule has 1 aromatic carbocycles. The number of hydrogen-bond donors (Lipinski definition) is 1. The fraction of sp³-hybridized carbons (Fsp3) is 0.227. The standard InChI is InChI=1S/C20H21ClN6O.C2H2/c1-14(26-27(11-12-28)10-9-22-2)17-7-8-23-20(25-17)16-13-24-18-6-4-3-5-15(18)19(16)21;1-2/h3-8,12-13,22H,9-11H2,1-2H3;1-2H/b26-14+;. The number of hydrazone groups is 1. The SMILES string of the molecule is C#C.CNCCN(CC=O)/N=C(\C)c1ccnc(-c2cnc3ccccc3c2Cl)n1. The lowest BCUT2D eigenvalue weighted by Crippen LogP contribution is -2.29. The molecule has 7 nitrogen and oxygen atoms in total. The van der Waals surface area contributed by atoms with E-state index in [0.29, 0.717) is 34.4 Å². The Morgan fingerprint density at radius 1 is 1.27 bits per heavy atom. The summed E-state index contributed by atoms with van der Waals surface area (Å²) in [6.45, 7) is 3.41. The molecule has 154 valence electrons. The van der Waals surface area contributed by atoms with Crippen molar-refractivity contribution in [3.05, 3.63) is 53.4 Å². The minimum Gasteiger partial charge on any atom is -0.318 e. The van der Waals surface area contributed by atoms with Gasteiger partial charge < -0.3 is 10.1 Å². The van der Waals surface area contributed by atoms with Gasteiger partial charge in [0.15, 0.2) is 5.82 Å². The zero-order chi connectivity index (χ0) is 21.9. The molecule has 3 aromatic rings. The van der Waals surface area contributed by atoms with Crippen molar-refractivity contribution < 1.29 is 4.79 Å². The molecule has 2 heterocycles. The average Bonchev–Trinajstić information content (AvgIpc) is 2.79. The van der Waals surface area contributed by atoms with Crippen molar-refractivity contribution in [1.29, 1.82) is 0 Å². The maximum Gasteiger partial charge on any atom is 0.162 e. The number of halogens is 1. The molecule has 0 saturated carbocycles. The van der Waals surface area contributed by atoms with Gasteiger partial charge in [-0.3, -0.25) is 9.99 Å². The van der Waals surface area contributed by atoms with E-state index in [9.17, 15) is 4.79 Å². The smallest absolute Gasteiger partial charge is 0.162 e. The van der Waals surface area contributed by atoms with E-state index in [0.717, 1.165) is 23.7 Å². The van der Waals surface area contributed by atoms with E-state index in [4.69, 9.17) is 11.6 Å². The van der Waals surface area contributed by atoms with Gasteiger partial charge in [-0.2, -0.15) is 5.10 Å². The van der Waals surface area contributed by atoms with E-state index in [1.807, 2.05) is 38.2 Å². The highest BCUT2D eigenvalue weighted by Crippen LogP contribution is 2.31. The Morgan fingerprint density at radius 2 is 2.03 bits per heavy atom. The van der Waals surface area contributed by atoms with Crippen LogP contribution >= 0.6 is 11.6 Å². The first kappa shape index (κ1) is 22.9. The minimum atomic E-state index is 0.220. The molecule has 0 amide bonds. The van der Waals surface area contributed by atoms with E-state index in [-0.39, 0.29) is 6.54 Å². The quantitative estimate of drug-likeness (QED) is 0.260. The number of nitrogens with one attached hydrogen (secondary N) is 1. The molecule has 0 unspecified atom stereocenters. The highest BCUT2D eigenvalue weighted by molar-refractivity contribution is 6.37. The predicted octanol–water partition coefficient (Wildman–Crippen LogP) is 3.04. The molecular weight excluding hydrogens is 400 g/mol. The normalized spacial score (nSPS) is 10.9. The van der Waals surface area contributed by atoms with Gasteiger partial charge in [0.2, 0.25) is 0 Å². The molecule has 0 atom stereocenters. The van der Waals surface area contributed by atoms with Crippen molar-refractivity contribution in [3.63, 3.8) is 0 Å². The molecule has 0 fully saturated rings. The van der Waals surface area contributed by atoms with Crippen molar-refractivity contribution >= 4 is 34.5 Å². The third kappa shape index (κ3) is 5.60. The van der Waals surface area contributed by atoms with Crippen LogP contribution in [0.5, 0.6) is 0 Å². The first-order chi connectivity index (χ1) is 14.6. The number of para-hydroxylation sites is 1. The van der Waals surface area contributed by atoms with Crippen LogP contribution in [0.2, 0.25) is 5.02 Å². The topological polar surface area (TPSA) is 83.4 Å². The minimum absolute atomic E-state index is 0.220. The summed E-state index contributed by atoms with van der Waals surface area (Å²) in [5.74, 6) is 0.479. The molecule has 0 bridgehead atoms. The van der Waals surface area contributed by atoms with Gasteiger partial charge >= 0.3 is 0 Å². The Kier molecular flexibility index (Phi) is 8.88. The second kappa shape index (κ2) is 11.6. The number of carbonyl (C=O) groups excluding carboxylic acids is 1. The zero-order valence-electron chi connectivity index (χ0n) is 16.9. The average molecular weight is 423 g/mol. The molecular formula is C22H23ClN6O. The molecule has 1 N–H and O–H groups in total. The predicted molar refractivity (Wildman–Crippen MR) is 121 cm³/mol. The van der Waals surface area contributed by atoms with Crippen LogP contribution in [0.4, 0.5) is 0 Å². The Hall–Kier alpha value is -3.34. The summed E-state index contributed by atoms with van der Waals surface area (Å²) >= 11 is 6.59. The molecule has 0 saturated heterocycles. The van der Waals surface area contributed by atoms with Gasteiger partial charge in [0, 0.05) is 30.9 Å². The molecule has 3 rings (SSSR count). The van der Waals surface area contributed by atoms with Crippen LogP contribution in [-0.4, -0.2) is 58.6 Å². The Balaban J connectivity index is 0.00000155. The summed E-state index contributed by atoms with van der Waals surface area (Å²) in [5.41, 5.74) is 2.83.